The zero-order valence-electron chi connectivity index (χ0n) is 8.87. The third kappa shape index (κ3) is 4.95. The lowest BCUT2D eigenvalue weighted by atomic mass is 10.2. The second-order valence-corrected chi connectivity index (χ2v) is 3.53. The van der Waals surface area contributed by atoms with Crippen molar-refractivity contribution in [2.24, 2.45) is 0 Å². The van der Waals surface area contributed by atoms with E-state index in [1.54, 1.807) is 19.5 Å². The fourth-order valence-corrected chi connectivity index (χ4v) is 1.37. The number of halogens is 1. The number of nitrogens with zero attached hydrogens (tertiary/aromatic N) is 2. The molecule has 1 heterocycles. The predicted octanol–water partition coefficient (Wildman–Crippen LogP) is 2.36. The van der Waals surface area contributed by atoms with Gasteiger partial charge in [-0.1, -0.05) is 11.6 Å². The Kier molecular flexibility index (Phi) is 6.04. The van der Waals surface area contributed by atoms with Crippen molar-refractivity contribution in [1.82, 2.24) is 9.97 Å². The molecule has 0 aliphatic heterocycles. The monoisotopic (exact) mass is 229 g/mol. The number of unbranched alkanes of at least 4 members (excludes halogenated alkanes) is 2. The van der Waals surface area contributed by atoms with Crippen LogP contribution in [-0.4, -0.2) is 30.2 Å². The number of ether oxygens (including phenoxy) is 1. The maximum absolute atomic E-state index is 5.83. The molecule has 4 nitrogen and oxygen atoms in total. The van der Waals surface area contributed by atoms with E-state index in [0.29, 0.717) is 11.0 Å². The normalized spacial score (nSPS) is 10.3. The van der Waals surface area contributed by atoms with E-state index >= 15 is 0 Å². The molecule has 0 fully saturated rings. The summed E-state index contributed by atoms with van der Waals surface area (Å²) >= 11 is 5.83. The Hall–Kier alpha value is -0.870. The second kappa shape index (κ2) is 7.43. The number of rotatable bonds is 7. The third-order valence-electron chi connectivity index (χ3n) is 1.97. The van der Waals surface area contributed by atoms with E-state index < -0.39 is 0 Å². The number of aromatic nitrogens is 2. The van der Waals surface area contributed by atoms with Gasteiger partial charge in [-0.05, 0) is 19.3 Å². The summed E-state index contributed by atoms with van der Waals surface area (Å²) in [6, 6.07) is 0. The molecule has 1 aromatic rings. The molecule has 0 amide bonds. The minimum Gasteiger partial charge on any atom is -0.385 e. The molecule has 0 aliphatic rings. The lowest BCUT2D eigenvalue weighted by Crippen LogP contribution is -2.04. The molecule has 1 rings (SSSR count). The van der Waals surface area contributed by atoms with E-state index in [9.17, 15) is 0 Å². The van der Waals surface area contributed by atoms with Crippen molar-refractivity contribution in [2.75, 3.05) is 25.6 Å². The van der Waals surface area contributed by atoms with Crippen LogP contribution < -0.4 is 5.32 Å². The molecule has 0 bridgehead atoms. The highest BCUT2D eigenvalue weighted by atomic mass is 35.5. The van der Waals surface area contributed by atoms with Crippen molar-refractivity contribution in [2.45, 2.75) is 19.3 Å². The van der Waals surface area contributed by atoms with Crippen LogP contribution in [0.25, 0.3) is 0 Å². The first-order valence-electron chi connectivity index (χ1n) is 5.04. The maximum atomic E-state index is 5.83. The smallest absolute Gasteiger partial charge is 0.171 e. The molecule has 0 unspecified atom stereocenters. The Balaban J connectivity index is 2.12. The van der Waals surface area contributed by atoms with E-state index in [-0.39, 0.29) is 0 Å². The van der Waals surface area contributed by atoms with Crippen LogP contribution in [0.2, 0.25) is 5.15 Å². The van der Waals surface area contributed by atoms with E-state index in [0.717, 1.165) is 32.4 Å². The maximum Gasteiger partial charge on any atom is 0.171 e. The van der Waals surface area contributed by atoms with Gasteiger partial charge in [-0.3, -0.25) is 0 Å². The van der Waals surface area contributed by atoms with Gasteiger partial charge in [0.05, 0.1) is 0 Å². The highest BCUT2D eigenvalue weighted by Crippen LogP contribution is 2.13. The van der Waals surface area contributed by atoms with Gasteiger partial charge in [0.1, 0.15) is 0 Å². The van der Waals surface area contributed by atoms with Gasteiger partial charge in [0.15, 0.2) is 11.0 Å². The first kappa shape index (κ1) is 12.2. The molecule has 15 heavy (non-hydrogen) atoms. The van der Waals surface area contributed by atoms with Crippen LogP contribution in [0, 0.1) is 0 Å². The van der Waals surface area contributed by atoms with Crippen LogP contribution in [0.15, 0.2) is 12.4 Å². The number of hydrogen-bond donors (Lipinski definition) is 1. The molecule has 1 N–H and O–H groups in total. The summed E-state index contributed by atoms with van der Waals surface area (Å²) in [6.45, 7) is 1.69. The fraction of sp³-hybridized carbons (Fsp3) is 0.600. The Labute approximate surface area is 95.0 Å². The van der Waals surface area contributed by atoms with Gasteiger partial charge in [-0.25, -0.2) is 9.97 Å². The molecule has 0 saturated heterocycles. The zero-order chi connectivity index (χ0) is 10.9. The summed E-state index contributed by atoms with van der Waals surface area (Å²) in [5.41, 5.74) is 0. The predicted molar refractivity (Wildman–Crippen MR) is 61.3 cm³/mol. The van der Waals surface area contributed by atoms with E-state index in [2.05, 4.69) is 15.3 Å². The average Bonchev–Trinajstić information content (AvgIpc) is 2.25. The summed E-state index contributed by atoms with van der Waals surface area (Å²) < 4.78 is 4.96. The zero-order valence-corrected chi connectivity index (χ0v) is 9.63. The first-order valence-corrected chi connectivity index (χ1v) is 5.41. The second-order valence-electron chi connectivity index (χ2n) is 3.18. The van der Waals surface area contributed by atoms with Crippen LogP contribution in [0.3, 0.4) is 0 Å². The minimum absolute atomic E-state index is 0.425. The van der Waals surface area contributed by atoms with Gasteiger partial charge < -0.3 is 10.1 Å². The van der Waals surface area contributed by atoms with Gasteiger partial charge in [-0.15, -0.1) is 0 Å². The molecule has 0 spiro atoms. The summed E-state index contributed by atoms with van der Waals surface area (Å²) in [7, 11) is 1.72. The van der Waals surface area contributed by atoms with Crippen LogP contribution in [0.1, 0.15) is 19.3 Å². The van der Waals surface area contributed by atoms with Gasteiger partial charge in [0.2, 0.25) is 0 Å². The van der Waals surface area contributed by atoms with Crippen molar-refractivity contribution < 1.29 is 4.74 Å². The number of anilines is 1. The molecule has 0 atom stereocenters. The molecular formula is C10H16ClN3O. The van der Waals surface area contributed by atoms with Gasteiger partial charge in [0, 0.05) is 32.7 Å². The van der Waals surface area contributed by atoms with Gasteiger partial charge in [-0.2, -0.15) is 0 Å². The van der Waals surface area contributed by atoms with Crippen LogP contribution in [0.4, 0.5) is 5.82 Å². The Morgan fingerprint density at radius 2 is 2.07 bits per heavy atom. The number of hydrogen-bond acceptors (Lipinski definition) is 4. The van der Waals surface area contributed by atoms with Crippen molar-refractivity contribution >= 4 is 17.4 Å². The van der Waals surface area contributed by atoms with Crippen LogP contribution >= 0.6 is 11.6 Å². The van der Waals surface area contributed by atoms with Crippen molar-refractivity contribution in [3.05, 3.63) is 17.5 Å². The molecular weight excluding hydrogens is 214 g/mol. The summed E-state index contributed by atoms with van der Waals surface area (Å²) in [6.07, 6.45) is 6.51. The lowest BCUT2D eigenvalue weighted by molar-refractivity contribution is 0.192. The number of methoxy groups -OCH3 is 1. The van der Waals surface area contributed by atoms with Crippen molar-refractivity contribution in [3.8, 4) is 0 Å². The Morgan fingerprint density at radius 3 is 2.80 bits per heavy atom. The average molecular weight is 230 g/mol. The Morgan fingerprint density at radius 1 is 1.27 bits per heavy atom. The summed E-state index contributed by atoms with van der Waals surface area (Å²) in [5.74, 6) is 0.658. The third-order valence-corrected chi connectivity index (χ3v) is 2.25. The summed E-state index contributed by atoms with van der Waals surface area (Å²) in [5, 5.41) is 3.57. The molecule has 84 valence electrons. The van der Waals surface area contributed by atoms with Crippen LogP contribution in [-0.2, 0) is 4.74 Å². The molecule has 0 aromatic carbocycles. The highest BCUT2D eigenvalue weighted by Gasteiger charge is 1.99. The van der Waals surface area contributed by atoms with Gasteiger partial charge >= 0.3 is 0 Å². The SMILES string of the molecule is COCCCCCNc1nccnc1Cl. The van der Waals surface area contributed by atoms with Crippen LogP contribution in [0.5, 0.6) is 0 Å². The lowest BCUT2D eigenvalue weighted by Gasteiger charge is -2.05. The molecule has 0 radical (unpaired) electrons. The van der Waals surface area contributed by atoms with E-state index in [4.69, 9.17) is 16.3 Å². The number of nitrogens with one attached hydrogen (secondary N) is 1. The fourth-order valence-electron chi connectivity index (χ4n) is 1.19. The Bertz CT molecular complexity index is 283. The minimum atomic E-state index is 0.425. The highest BCUT2D eigenvalue weighted by molar-refractivity contribution is 6.31. The molecule has 5 heteroatoms. The molecule has 0 saturated carbocycles. The van der Waals surface area contributed by atoms with E-state index in [1.807, 2.05) is 0 Å². The topological polar surface area (TPSA) is 47.0 Å². The standard InChI is InChI=1S/C10H16ClN3O/c1-15-8-4-2-3-5-13-10-9(11)12-6-7-14-10/h6-7H,2-5,8H2,1H3,(H,13,14). The first-order chi connectivity index (χ1) is 7.34. The summed E-state index contributed by atoms with van der Waals surface area (Å²) in [4.78, 5) is 8.01. The van der Waals surface area contributed by atoms with E-state index in [1.165, 1.54) is 0 Å². The quantitative estimate of drug-likeness (QED) is 0.730. The molecule has 0 aliphatic carbocycles. The van der Waals surface area contributed by atoms with Crippen molar-refractivity contribution in [3.63, 3.8) is 0 Å². The van der Waals surface area contributed by atoms with Gasteiger partial charge in [0.25, 0.3) is 0 Å². The largest absolute Gasteiger partial charge is 0.385 e. The van der Waals surface area contributed by atoms with Crippen molar-refractivity contribution in [1.29, 1.82) is 0 Å². The molecule has 1 aromatic heterocycles.